The number of hydrogen-bond acceptors (Lipinski definition) is 3. The van der Waals surface area contributed by atoms with Gasteiger partial charge in [-0.1, -0.05) is 6.07 Å². The lowest BCUT2D eigenvalue weighted by Crippen LogP contribution is -2.41. The molecule has 3 nitrogen and oxygen atoms in total. The summed E-state index contributed by atoms with van der Waals surface area (Å²) in [6, 6.07) is 5.91. The highest BCUT2D eigenvalue weighted by molar-refractivity contribution is 5.75. The topological polar surface area (TPSA) is 25.4 Å². The van der Waals surface area contributed by atoms with Crippen molar-refractivity contribution in [1.82, 2.24) is 9.88 Å². The quantitative estimate of drug-likeness (QED) is 0.755. The van der Waals surface area contributed by atoms with Gasteiger partial charge in [-0.3, -0.25) is 4.90 Å². The van der Waals surface area contributed by atoms with E-state index in [1.165, 1.54) is 25.8 Å². The summed E-state index contributed by atoms with van der Waals surface area (Å²) in [6.07, 6.45) is 6.26. The summed E-state index contributed by atoms with van der Waals surface area (Å²) in [5.74, 6) is 2.39. The van der Waals surface area contributed by atoms with Crippen LogP contribution in [-0.4, -0.2) is 43.0 Å². The van der Waals surface area contributed by atoms with Gasteiger partial charge in [0.2, 0.25) is 5.88 Å². The molecule has 2 aliphatic heterocycles. The summed E-state index contributed by atoms with van der Waals surface area (Å²) in [4.78, 5) is 6.97. The van der Waals surface area contributed by atoms with E-state index >= 15 is 0 Å². The van der Waals surface area contributed by atoms with Gasteiger partial charge < -0.3 is 4.74 Å². The summed E-state index contributed by atoms with van der Waals surface area (Å²) < 4.78 is 6.15. The van der Waals surface area contributed by atoms with E-state index in [1.54, 1.807) is 0 Å². The van der Waals surface area contributed by atoms with Gasteiger partial charge in [-0.2, -0.15) is 0 Å². The molecule has 3 fully saturated rings. The average Bonchev–Trinajstić information content (AvgIpc) is 2.96. The molecule has 0 N–H and O–H groups in total. The molecule has 3 radical (unpaired) electrons. The number of ether oxygens (including phenoxy) is 1. The lowest BCUT2D eigenvalue weighted by Gasteiger charge is -2.32. The van der Waals surface area contributed by atoms with Crippen LogP contribution in [0.4, 0.5) is 0 Å². The molecule has 4 rings (SSSR count). The predicted molar refractivity (Wildman–Crippen MR) is 75.2 cm³/mol. The van der Waals surface area contributed by atoms with E-state index in [0.29, 0.717) is 17.6 Å². The summed E-state index contributed by atoms with van der Waals surface area (Å²) >= 11 is 0. The predicted octanol–water partition coefficient (Wildman–Crippen LogP) is 1.95. The molecule has 3 heterocycles. The van der Waals surface area contributed by atoms with Gasteiger partial charge in [0, 0.05) is 38.7 Å². The molecule has 0 bridgehead atoms. The van der Waals surface area contributed by atoms with Crippen LogP contribution in [0.1, 0.15) is 26.2 Å². The Hall–Kier alpha value is -1.03. The molecule has 4 atom stereocenters. The molecule has 3 aliphatic rings. The first kappa shape index (κ1) is 13.0. The molecule has 1 saturated carbocycles. The van der Waals surface area contributed by atoms with Crippen LogP contribution < -0.4 is 4.74 Å². The zero-order valence-corrected chi connectivity index (χ0v) is 11.5. The van der Waals surface area contributed by atoms with E-state index in [4.69, 9.17) is 4.74 Å². The SMILES string of the molecule is C[C@@]12[C@H]3CC[C@@H]1[C@@H](Oc1ccccn1)CN2CC3.[B]. The highest BCUT2D eigenvalue weighted by Crippen LogP contribution is 2.55. The Morgan fingerprint density at radius 1 is 1.32 bits per heavy atom. The maximum atomic E-state index is 6.15. The fourth-order valence-electron chi connectivity index (χ4n) is 4.64. The van der Waals surface area contributed by atoms with Crippen molar-refractivity contribution in [2.24, 2.45) is 11.8 Å². The summed E-state index contributed by atoms with van der Waals surface area (Å²) in [5, 5.41) is 0. The van der Waals surface area contributed by atoms with E-state index < -0.39 is 0 Å². The van der Waals surface area contributed by atoms with Crippen molar-refractivity contribution >= 4 is 8.41 Å². The van der Waals surface area contributed by atoms with Crippen molar-refractivity contribution in [3.05, 3.63) is 24.4 Å². The lowest BCUT2D eigenvalue weighted by molar-refractivity contribution is 0.138. The third kappa shape index (κ3) is 1.73. The fourth-order valence-corrected chi connectivity index (χ4v) is 4.64. The van der Waals surface area contributed by atoms with Gasteiger partial charge in [0.25, 0.3) is 0 Å². The molecule has 19 heavy (non-hydrogen) atoms. The van der Waals surface area contributed by atoms with Crippen LogP contribution in [0.3, 0.4) is 0 Å². The second-order valence-electron chi connectivity index (χ2n) is 6.17. The first-order valence-corrected chi connectivity index (χ1v) is 7.11. The summed E-state index contributed by atoms with van der Waals surface area (Å²) in [7, 11) is 0. The number of aromatic nitrogens is 1. The minimum Gasteiger partial charge on any atom is -0.473 e. The molecule has 1 aromatic heterocycles. The number of hydrogen-bond donors (Lipinski definition) is 0. The zero-order chi connectivity index (χ0) is 12.2. The second kappa shape index (κ2) is 4.52. The first-order chi connectivity index (χ1) is 8.78. The van der Waals surface area contributed by atoms with Crippen LogP contribution in [0.25, 0.3) is 0 Å². The molecule has 0 spiro atoms. The molecule has 99 valence electrons. The van der Waals surface area contributed by atoms with E-state index in [2.05, 4.69) is 16.8 Å². The number of pyridine rings is 1. The van der Waals surface area contributed by atoms with Gasteiger partial charge in [0.1, 0.15) is 6.10 Å². The van der Waals surface area contributed by atoms with Crippen LogP contribution in [0, 0.1) is 11.8 Å². The standard InChI is InChI=1S/C15H20N2O.B/c1-15-11-5-6-12(15)13(10-17(15)9-7-11)18-14-4-2-3-8-16-14;/h2-4,8,11-13H,5-7,9-10H2,1H3;/t11-,12+,13-,15+;/m0./s1. The van der Waals surface area contributed by atoms with Crippen LogP contribution in [0.15, 0.2) is 24.4 Å². The molecule has 4 heteroatoms. The van der Waals surface area contributed by atoms with Crippen LogP contribution in [0.5, 0.6) is 5.88 Å². The maximum absolute atomic E-state index is 6.15. The maximum Gasteiger partial charge on any atom is 0.213 e. The lowest BCUT2D eigenvalue weighted by atomic mass is 9.84. The first-order valence-electron chi connectivity index (χ1n) is 7.11. The van der Waals surface area contributed by atoms with Gasteiger partial charge >= 0.3 is 0 Å². The van der Waals surface area contributed by atoms with Gasteiger partial charge in [0.05, 0.1) is 0 Å². The van der Waals surface area contributed by atoms with Crippen molar-refractivity contribution in [3.8, 4) is 5.88 Å². The normalized spacial score (nSPS) is 39.9. The molecular formula is C15H20BN2O. The Morgan fingerprint density at radius 2 is 2.21 bits per heavy atom. The van der Waals surface area contributed by atoms with Crippen molar-refractivity contribution in [1.29, 1.82) is 0 Å². The van der Waals surface area contributed by atoms with Crippen molar-refractivity contribution in [2.75, 3.05) is 13.1 Å². The smallest absolute Gasteiger partial charge is 0.213 e. The van der Waals surface area contributed by atoms with Gasteiger partial charge in [-0.25, -0.2) is 4.98 Å². The molecular weight excluding hydrogens is 235 g/mol. The van der Waals surface area contributed by atoms with Crippen LogP contribution >= 0.6 is 0 Å². The highest BCUT2D eigenvalue weighted by Gasteiger charge is 2.61. The molecule has 0 aromatic carbocycles. The fraction of sp³-hybridized carbons (Fsp3) is 0.667. The third-order valence-electron chi connectivity index (χ3n) is 5.59. The van der Waals surface area contributed by atoms with Gasteiger partial charge in [-0.05, 0) is 44.7 Å². The Morgan fingerprint density at radius 3 is 3.00 bits per heavy atom. The minimum atomic E-state index is 0. The molecule has 1 aliphatic carbocycles. The number of rotatable bonds is 2. The largest absolute Gasteiger partial charge is 0.473 e. The van der Waals surface area contributed by atoms with Gasteiger partial charge in [0.15, 0.2) is 0 Å². The molecule has 2 saturated heterocycles. The summed E-state index contributed by atoms with van der Waals surface area (Å²) in [6.45, 7) is 4.82. The van der Waals surface area contributed by atoms with Gasteiger partial charge in [-0.15, -0.1) is 0 Å². The Bertz CT molecular complexity index is 455. The highest BCUT2D eigenvalue weighted by atomic mass is 16.5. The monoisotopic (exact) mass is 255 g/mol. The second-order valence-corrected chi connectivity index (χ2v) is 6.17. The Kier molecular flexibility index (Phi) is 3.08. The van der Waals surface area contributed by atoms with Crippen molar-refractivity contribution in [3.63, 3.8) is 0 Å². The number of nitrogens with zero attached hydrogens (tertiary/aromatic N) is 2. The van der Waals surface area contributed by atoms with E-state index in [9.17, 15) is 0 Å². The Labute approximate surface area is 116 Å². The summed E-state index contributed by atoms with van der Waals surface area (Å²) in [5.41, 5.74) is 0.416. The average molecular weight is 255 g/mol. The molecule has 0 unspecified atom stereocenters. The molecule has 0 amide bonds. The van der Waals surface area contributed by atoms with E-state index in [0.717, 1.165) is 18.3 Å². The van der Waals surface area contributed by atoms with E-state index in [-0.39, 0.29) is 8.41 Å². The van der Waals surface area contributed by atoms with E-state index in [1.807, 2.05) is 24.4 Å². The van der Waals surface area contributed by atoms with Crippen LogP contribution in [-0.2, 0) is 0 Å². The van der Waals surface area contributed by atoms with Crippen LogP contribution in [0.2, 0.25) is 0 Å². The minimum absolute atomic E-state index is 0. The van der Waals surface area contributed by atoms with Crippen molar-refractivity contribution < 1.29 is 4.74 Å². The van der Waals surface area contributed by atoms with Crippen molar-refractivity contribution in [2.45, 2.75) is 37.8 Å². The Balaban J connectivity index is 0.00000110. The molecule has 1 aromatic rings. The zero-order valence-electron chi connectivity index (χ0n) is 11.5. The third-order valence-corrected chi connectivity index (χ3v) is 5.59.